The normalized spacial score (nSPS) is 15.2. The molecule has 0 spiro atoms. The van der Waals surface area contributed by atoms with Crippen molar-refractivity contribution in [2.24, 2.45) is 11.8 Å². The Morgan fingerprint density at radius 2 is 1.88 bits per heavy atom. The minimum Gasteiger partial charge on any atom is -0.310 e. The van der Waals surface area contributed by atoms with E-state index >= 15 is 0 Å². The molecule has 1 N–H and O–H groups in total. The van der Waals surface area contributed by atoms with Crippen LogP contribution in [0.3, 0.4) is 0 Å². The largest absolute Gasteiger partial charge is 0.310 e. The molecule has 1 nitrogen and oxygen atoms in total. The third-order valence-corrected chi connectivity index (χ3v) is 4.59. The summed E-state index contributed by atoms with van der Waals surface area (Å²) in [5.74, 6) is 1.39. The van der Waals surface area contributed by atoms with Gasteiger partial charge in [0.25, 0.3) is 0 Å². The Balaban J connectivity index is 2.93. The van der Waals surface area contributed by atoms with Gasteiger partial charge in [0.2, 0.25) is 0 Å². The fourth-order valence-corrected chi connectivity index (χ4v) is 3.20. The first-order chi connectivity index (χ1) is 7.97. The zero-order chi connectivity index (χ0) is 13.0. The second kappa shape index (κ2) is 6.55. The number of hydrogen-bond acceptors (Lipinski definition) is 2. The van der Waals surface area contributed by atoms with Crippen LogP contribution in [0.5, 0.6) is 0 Å². The standard InChI is InChI=1S/C15H27NS/c1-7-8-16-15(12(5)10(2)3)14-9-11(4)17-13(14)6/h9-10,12,15-16H,7-8H2,1-6H3. The van der Waals surface area contributed by atoms with E-state index in [9.17, 15) is 0 Å². The summed E-state index contributed by atoms with van der Waals surface area (Å²) in [6.07, 6.45) is 1.20. The molecular weight excluding hydrogens is 226 g/mol. The van der Waals surface area contributed by atoms with Crippen molar-refractivity contribution in [3.05, 3.63) is 21.4 Å². The molecule has 0 bridgehead atoms. The number of aryl methyl sites for hydroxylation is 2. The van der Waals surface area contributed by atoms with Gasteiger partial charge in [-0.2, -0.15) is 0 Å². The maximum absolute atomic E-state index is 3.73. The van der Waals surface area contributed by atoms with Gasteiger partial charge in [-0.3, -0.25) is 0 Å². The topological polar surface area (TPSA) is 12.0 Å². The number of rotatable bonds is 6. The average molecular weight is 253 g/mol. The predicted octanol–water partition coefficient (Wildman–Crippen LogP) is 4.70. The van der Waals surface area contributed by atoms with E-state index in [-0.39, 0.29) is 0 Å². The maximum Gasteiger partial charge on any atom is 0.0359 e. The second-order valence-corrected chi connectivity index (χ2v) is 6.86. The van der Waals surface area contributed by atoms with Crippen molar-refractivity contribution in [1.29, 1.82) is 0 Å². The fourth-order valence-electron chi connectivity index (χ4n) is 2.22. The highest BCUT2D eigenvalue weighted by Crippen LogP contribution is 2.33. The van der Waals surface area contributed by atoms with Crippen LogP contribution in [0.15, 0.2) is 6.07 Å². The molecule has 1 aromatic heterocycles. The van der Waals surface area contributed by atoms with Gasteiger partial charge in [0.1, 0.15) is 0 Å². The summed E-state index contributed by atoms with van der Waals surface area (Å²) < 4.78 is 0. The van der Waals surface area contributed by atoms with E-state index in [1.54, 1.807) is 0 Å². The molecule has 0 aliphatic carbocycles. The van der Waals surface area contributed by atoms with E-state index in [1.165, 1.54) is 21.7 Å². The first-order valence-corrected chi connectivity index (χ1v) is 7.59. The van der Waals surface area contributed by atoms with Crippen molar-refractivity contribution >= 4 is 11.3 Å². The third-order valence-electron chi connectivity index (χ3n) is 3.61. The lowest BCUT2D eigenvalue weighted by atomic mass is 9.86. The Bertz CT molecular complexity index is 341. The zero-order valence-electron chi connectivity index (χ0n) is 12.1. The first kappa shape index (κ1) is 14.7. The summed E-state index contributed by atoms with van der Waals surface area (Å²) in [6.45, 7) is 14.8. The molecule has 1 heterocycles. The molecular formula is C15H27NS. The van der Waals surface area contributed by atoms with Crippen LogP contribution in [-0.4, -0.2) is 6.54 Å². The van der Waals surface area contributed by atoms with Crippen LogP contribution in [0.2, 0.25) is 0 Å². The number of hydrogen-bond donors (Lipinski definition) is 1. The minimum atomic E-state index is 0.514. The van der Waals surface area contributed by atoms with Crippen LogP contribution in [0.25, 0.3) is 0 Å². The highest BCUT2D eigenvalue weighted by atomic mass is 32.1. The van der Waals surface area contributed by atoms with Crippen LogP contribution in [0.4, 0.5) is 0 Å². The average Bonchev–Trinajstić information content (AvgIpc) is 2.58. The van der Waals surface area contributed by atoms with E-state index in [0.29, 0.717) is 17.9 Å². The molecule has 0 aromatic carbocycles. The fraction of sp³-hybridized carbons (Fsp3) is 0.733. The van der Waals surface area contributed by atoms with E-state index in [1.807, 2.05) is 11.3 Å². The monoisotopic (exact) mass is 253 g/mol. The van der Waals surface area contributed by atoms with E-state index in [4.69, 9.17) is 0 Å². The van der Waals surface area contributed by atoms with Crippen LogP contribution in [-0.2, 0) is 0 Å². The Kier molecular flexibility index (Phi) is 5.68. The number of nitrogens with one attached hydrogen (secondary N) is 1. The molecule has 17 heavy (non-hydrogen) atoms. The molecule has 98 valence electrons. The lowest BCUT2D eigenvalue weighted by Gasteiger charge is -2.28. The molecule has 0 radical (unpaired) electrons. The van der Waals surface area contributed by atoms with Crippen molar-refractivity contribution in [3.63, 3.8) is 0 Å². The summed E-state index contributed by atoms with van der Waals surface area (Å²) in [5.41, 5.74) is 1.52. The molecule has 0 fully saturated rings. The third kappa shape index (κ3) is 3.82. The predicted molar refractivity (Wildman–Crippen MR) is 78.8 cm³/mol. The van der Waals surface area contributed by atoms with Gasteiger partial charge >= 0.3 is 0 Å². The highest BCUT2D eigenvalue weighted by molar-refractivity contribution is 7.12. The number of thiophene rings is 1. The molecule has 2 unspecified atom stereocenters. The van der Waals surface area contributed by atoms with E-state index < -0.39 is 0 Å². The van der Waals surface area contributed by atoms with Crippen molar-refractivity contribution in [3.8, 4) is 0 Å². The van der Waals surface area contributed by atoms with Gasteiger partial charge in [0.05, 0.1) is 0 Å². The van der Waals surface area contributed by atoms with Crippen LogP contribution < -0.4 is 5.32 Å². The van der Waals surface area contributed by atoms with Crippen molar-refractivity contribution < 1.29 is 0 Å². The minimum absolute atomic E-state index is 0.514. The lowest BCUT2D eigenvalue weighted by Crippen LogP contribution is -2.30. The molecule has 1 aromatic rings. The molecule has 1 rings (SSSR count). The molecule has 2 atom stereocenters. The van der Waals surface area contributed by atoms with Gasteiger partial charge in [-0.15, -0.1) is 11.3 Å². The van der Waals surface area contributed by atoms with Crippen LogP contribution in [0, 0.1) is 25.7 Å². The van der Waals surface area contributed by atoms with E-state index in [2.05, 4.69) is 52.9 Å². The van der Waals surface area contributed by atoms with Gasteiger partial charge in [-0.05, 0) is 50.3 Å². The summed E-state index contributed by atoms with van der Waals surface area (Å²) in [7, 11) is 0. The smallest absolute Gasteiger partial charge is 0.0359 e. The van der Waals surface area contributed by atoms with Gasteiger partial charge in [-0.1, -0.05) is 27.7 Å². The molecule has 0 aliphatic rings. The van der Waals surface area contributed by atoms with Gasteiger partial charge < -0.3 is 5.32 Å². The van der Waals surface area contributed by atoms with Crippen molar-refractivity contribution in [2.75, 3.05) is 6.54 Å². The Hall–Kier alpha value is -0.340. The van der Waals surface area contributed by atoms with Crippen molar-refractivity contribution in [1.82, 2.24) is 5.32 Å². The van der Waals surface area contributed by atoms with Gasteiger partial charge in [-0.25, -0.2) is 0 Å². The maximum atomic E-state index is 3.73. The Morgan fingerprint density at radius 3 is 2.29 bits per heavy atom. The zero-order valence-corrected chi connectivity index (χ0v) is 12.9. The molecule has 0 amide bonds. The lowest BCUT2D eigenvalue weighted by molar-refractivity contribution is 0.303. The summed E-state index contributed by atoms with van der Waals surface area (Å²) in [5, 5.41) is 3.73. The second-order valence-electron chi connectivity index (χ2n) is 5.40. The van der Waals surface area contributed by atoms with Gasteiger partial charge in [0.15, 0.2) is 0 Å². The highest BCUT2D eigenvalue weighted by Gasteiger charge is 2.23. The Labute approximate surface area is 111 Å². The molecule has 0 aliphatic heterocycles. The quantitative estimate of drug-likeness (QED) is 0.775. The first-order valence-electron chi connectivity index (χ1n) is 6.77. The summed E-state index contributed by atoms with van der Waals surface area (Å²) in [4.78, 5) is 2.90. The van der Waals surface area contributed by atoms with E-state index in [0.717, 1.165) is 6.54 Å². The van der Waals surface area contributed by atoms with Gasteiger partial charge in [0, 0.05) is 15.8 Å². The van der Waals surface area contributed by atoms with Crippen LogP contribution >= 0.6 is 11.3 Å². The van der Waals surface area contributed by atoms with Crippen LogP contribution in [0.1, 0.15) is 55.5 Å². The summed E-state index contributed by atoms with van der Waals surface area (Å²) >= 11 is 1.92. The summed E-state index contributed by atoms with van der Waals surface area (Å²) in [6, 6.07) is 2.88. The Morgan fingerprint density at radius 1 is 1.24 bits per heavy atom. The molecule has 0 saturated heterocycles. The molecule has 2 heteroatoms. The molecule has 0 saturated carbocycles. The van der Waals surface area contributed by atoms with Crippen molar-refractivity contribution in [2.45, 2.75) is 54.0 Å². The SMILES string of the molecule is CCCNC(c1cc(C)sc1C)C(C)C(C)C.